The third-order valence-electron chi connectivity index (χ3n) is 13.6. The molecule has 0 spiro atoms. The van der Waals surface area contributed by atoms with Crippen LogP contribution in [0.3, 0.4) is 0 Å². The molecule has 2 aliphatic heterocycles. The molecule has 0 radical (unpaired) electrons. The molecule has 0 bridgehead atoms. The summed E-state index contributed by atoms with van der Waals surface area (Å²) in [6.07, 6.45) is 9.55. The Kier molecular flexibility index (Phi) is 12.7. The maximum absolute atomic E-state index is 16.9. The molecule has 6 aromatic carbocycles. The number of unbranched alkanes of at least 4 members (excludes halogenated alkanes) is 4. The molecule has 0 saturated heterocycles. The van der Waals surface area contributed by atoms with Gasteiger partial charge < -0.3 is 9.80 Å². The summed E-state index contributed by atoms with van der Waals surface area (Å²) in [4.78, 5) is 2.18. The lowest BCUT2D eigenvalue weighted by Gasteiger charge is -2.46. The van der Waals surface area contributed by atoms with Crippen molar-refractivity contribution in [3.63, 3.8) is 0 Å². The first kappa shape index (κ1) is 44.9. The Hall–Kier alpha value is -5.64. The summed E-state index contributed by atoms with van der Waals surface area (Å²) in [5, 5.41) is 0. The molecular weight excluding hydrogens is 829 g/mol. The lowest BCUT2D eigenvalue weighted by Crippen LogP contribution is -2.36. The van der Waals surface area contributed by atoms with Gasteiger partial charge in [-0.2, -0.15) is 0 Å². The molecule has 8 rings (SSSR count). The van der Waals surface area contributed by atoms with Gasteiger partial charge in [0.1, 0.15) is 11.4 Å². The molecule has 0 saturated carbocycles. The Balaban J connectivity index is 1.32. The van der Waals surface area contributed by atoms with Crippen molar-refractivity contribution in [2.24, 2.45) is 0 Å². The smallest absolute Gasteiger partial charge is 0.186 e. The molecule has 2 heterocycles. The number of nitrogens with zero attached hydrogens (tertiary/aromatic N) is 2. The van der Waals surface area contributed by atoms with Gasteiger partial charge in [-0.15, -0.1) is 0 Å². The van der Waals surface area contributed by atoms with Crippen LogP contribution in [0.2, 0.25) is 0 Å². The average molecular weight is 881 g/mol. The van der Waals surface area contributed by atoms with Crippen LogP contribution in [0.25, 0.3) is 11.1 Å². The molecule has 0 aliphatic carbocycles. The summed E-state index contributed by atoms with van der Waals surface area (Å²) in [6, 6.07) is 27.6. The number of fused-ring (bicyclic) bond motifs is 4. The number of benzene rings is 6. The van der Waals surface area contributed by atoms with E-state index in [1.165, 1.54) is 0 Å². The van der Waals surface area contributed by atoms with Gasteiger partial charge in [-0.1, -0.05) is 152 Å². The van der Waals surface area contributed by atoms with Crippen LogP contribution in [-0.4, -0.2) is 0 Å². The van der Waals surface area contributed by atoms with Crippen LogP contribution in [0.4, 0.5) is 69.2 Å². The second-order valence-electron chi connectivity index (χ2n) is 17.3. The summed E-state index contributed by atoms with van der Waals surface area (Å²) < 4.78 is 135. The summed E-state index contributed by atoms with van der Waals surface area (Å²) >= 11 is 0. The molecular formula is C54H52F8N2. The van der Waals surface area contributed by atoms with E-state index in [4.69, 9.17) is 0 Å². The molecule has 2 nitrogen and oxygen atoms in total. The number of halogens is 8. The summed E-state index contributed by atoms with van der Waals surface area (Å²) in [7, 11) is 0. The van der Waals surface area contributed by atoms with Crippen molar-refractivity contribution in [2.45, 2.75) is 116 Å². The third-order valence-corrected chi connectivity index (χ3v) is 13.6. The van der Waals surface area contributed by atoms with Crippen molar-refractivity contribution in [1.82, 2.24) is 0 Å². The van der Waals surface area contributed by atoms with Gasteiger partial charge in [0.05, 0.1) is 33.9 Å². The Morgan fingerprint density at radius 2 is 0.547 bits per heavy atom. The van der Waals surface area contributed by atoms with Gasteiger partial charge in [0, 0.05) is 10.8 Å². The van der Waals surface area contributed by atoms with Crippen molar-refractivity contribution >= 4 is 34.1 Å². The molecule has 0 amide bonds. The van der Waals surface area contributed by atoms with E-state index in [0.717, 1.165) is 61.2 Å². The van der Waals surface area contributed by atoms with Crippen molar-refractivity contribution in [2.75, 3.05) is 9.80 Å². The van der Waals surface area contributed by atoms with E-state index in [-0.39, 0.29) is 22.7 Å². The third kappa shape index (κ3) is 6.89. The van der Waals surface area contributed by atoms with E-state index in [1.54, 1.807) is 72.8 Å². The maximum atomic E-state index is 16.9. The molecule has 10 heteroatoms. The van der Waals surface area contributed by atoms with E-state index in [0.29, 0.717) is 47.9 Å². The van der Waals surface area contributed by atoms with Crippen molar-refractivity contribution in [3.8, 4) is 11.1 Å². The minimum Gasteiger partial charge on any atom is -0.304 e. The lowest BCUT2D eigenvalue weighted by atomic mass is 9.65. The van der Waals surface area contributed by atoms with Crippen molar-refractivity contribution in [1.29, 1.82) is 0 Å². The van der Waals surface area contributed by atoms with Crippen molar-refractivity contribution < 1.29 is 35.1 Å². The molecule has 334 valence electrons. The second kappa shape index (κ2) is 18.1. The Morgan fingerprint density at radius 3 is 0.766 bits per heavy atom. The number of anilines is 6. The number of hydrogen-bond donors (Lipinski definition) is 0. The SMILES string of the molecule is CCCCC1(CCCC)c2ccccc2N(c2c(F)c(F)c(-c3c(F)c(F)c(N4c5ccccc5C(CCCC)(CCCC)c5ccccc54)c(F)c3F)c(F)c2F)c2ccccc21. The highest BCUT2D eigenvalue weighted by molar-refractivity contribution is 5.90. The molecule has 0 fully saturated rings. The Morgan fingerprint density at radius 1 is 0.328 bits per heavy atom. The highest BCUT2D eigenvalue weighted by Gasteiger charge is 2.47. The minimum absolute atomic E-state index is 0.270. The van der Waals surface area contributed by atoms with Gasteiger partial charge >= 0.3 is 0 Å². The summed E-state index contributed by atoms with van der Waals surface area (Å²) in [6.45, 7) is 8.25. The Bertz CT molecular complexity index is 2350. The predicted octanol–water partition coefficient (Wildman–Crippen LogP) is 17.4. The molecule has 6 aromatic rings. The fourth-order valence-corrected chi connectivity index (χ4v) is 10.6. The lowest BCUT2D eigenvalue weighted by molar-refractivity contribution is 0.402. The highest BCUT2D eigenvalue weighted by atomic mass is 19.2. The van der Waals surface area contributed by atoms with E-state index in [1.807, 2.05) is 24.3 Å². The summed E-state index contributed by atoms with van der Waals surface area (Å²) in [5.74, 6) is -16.8. The van der Waals surface area contributed by atoms with E-state index in [2.05, 4.69) is 27.7 Å². The quantitative estimate of drug-likeness (QED) is 0.0749. The van der Waals surface area contributed by atoms with Crippen LogP contribution < -0.4 is 9.80 Å². The van der Waals surface area contributed by atoms with Crippen LogP contribution in [-0.2, 0) is 10.8 Å². The first-order chi connectivity index (χ1) is 30.9. The van der Waals surface area contributed by atoms with Gasteiger partial charge in [0.2, 0.25) is 0 Å². The van der Waals surface area contributed by atoms with Gasteiger partial charge in [-0.25, -0.2) is 35.1 Å². The second-order valence-corrected chi connectivity index (χ2v) is 17.3. The topological polar surface area (TPSA) is 6.48 Å². The normalized spacial score (nSPS) is 14.6. The molecule has 0 atom stereocenters. The zero-order valence-electron chi connectivity index (χ0n) is 36.6. The molecule has 0 aromatic heterocycles. The van der Waals surface area contributed by atoms with Crippen LogP contribution in [0.5, 0.6) is 0 Å². The Labute approximate surface area is 370 Å². The van der Waals surface area contributed by atoms with Crippen molar-refractivity contribution in [3.05, 3.63) is 166 Å². The van der Waals surface area contributed by atoms with E-state index < -0.39 is 79.9 Å². The number of hydrogen-bond acceptors (Lipinski definition) is 2. The monoisotopic (exact) mass is 880 g/mol. The zero-order chi connectivity index (χ0) is 45.5. The van der Waals surface area contributed by atoms with Crippen LogP contribution in [0.1, 0.15) is 127 Å². The van der Waals surface area contributed by atoms with Gasteiger partial charge in [-0.3, -0.25) is 0 Å². The number of para-hydroxylation sites is 4. The van der Waals surface area contributed by atoms with Crippen LogP contribution >= 0.6 is 0 Å². The first-order valence-electron chi connectivity index (χ1n) is 22.7. The average Bonchev–Trinajstić information content (AvgIpc) is 3.32. The van der Waals surface area contributed by atoms with Gasteiger partial charge in [-0.05, 0) is 72.2 Å². The maximum Gasteiger partial charge on any atom is 0.186 e. The minimum atomic E-state index is -2.22. The largest absolute Gasteiger partial charge is 0.304 e. The molecule has 0 N–H and O–H groups in total. The van der Waals surface area contributed by atoms with Gasteiger partial charge in [0.15, 0.2) is 46.5 Å². The fraction of sp³-hybridized carbons (Fsp3) is 0.333. The van der Waals surface area contributed by atoms with E-state index in [9.17, 15) is 0 Å². The molecule has 0 unspecified atom stereocenters. The van der Waals surface area contributed by atoms with Crippen LogP contribution in [0.15, 0.2) is 97.1 Å². The fourth-order valence-electron chi connectivity index (χ4n) is 10.6. The van der Waals surface area contributed by atoms with Crippen LogP contribution in [0, 0.1) is 46.5 Å². The first-order valence-corrected chi connectivity index (χ1v) is 22.7. The standard InChI is InChI=1S/C54H52F8N2/c1-5-9-29-53(30-10-6-2)33-21-13-17-25-37(33)63(38-26-18-14-22-34(38)53)51-47(59)43(55)41(44(56)48(51)60)42-45(57)49(61)52(50(62)46(42)58)64-39-27-19-15-23-35(39)54(31-11-7-3,32-12-8-4)36-24-16-20-28-40(36)64/h13-28H,5-12,29-32H2,1-4H3. The highest BCUT2D eigenvalue weighted by Crippen LogP contribution is 2.59. The number of rotatable bonds is 15. The summed E-state index contributed by atoms with van der Waals surface area (Å²) in [5.41, 5.74) is -3.50. The van der Waals surface area contributed by atoms with E-state index >= 15 is 35.1 Å². The zero-order valence-corrected chi connectivity index (χ0v) is 36.6. The molecule has 2 aliphatic rings. The molecule has 64 heavy (non-hydrogen) atoms. The van der Waals surface area contributed by atoms with Gasteiger partial charge in [0.25, 0.3) is 0 Å². The predicted molar refractivity (Wildman–Crippen MR) is 241 cm³/mol.